The van der Waals surface area contributed by atoms with Gasteiger partial charge in [0.15, 0.2) is 5.82 Å². The first-order valence-corrected chi connectivity index (χ1v) is 9.74. The number of allylic oxidation sites excluding steroid dienone is 1. The number of hydrogen-bond acceptors (Lipinski definition) is 6. The molecule has 152 valence electrons. The van der Waals surface area contributed by atoms with E-state index >= 15 is 0 Å². The Bertz CT molecular complexity index is 1140. The zero-order valence-electron chi connectivity index (χ0n) is 16.9. The molecular formula is C22H23N7O. The normalized spacial score (nSPS) is 14.6. The molecule has 2 heterocycles. The van der Waals surface area contributed by atoms with Gasteiger partial charge in [-0.3, -0.25) is 14.8 Å². The summed E-state index contributed by atoms with van der Waals surface area (Å²) in [5.41, 5.74) is 9.94. The second-order valence-electron chi connectivity index (χ2n) is 7.15. The van der Waals surface area contributed by atoms with Crippen LogP contribution >= 0.6 is 0 Å². The highest BCUT2D eigenvalue weighted by atomic mass is 16.1. The standard InChI is InChI=1S/C22H23N7O/c1-14(24-2)19(12-23)15-8-9-25-20(11-15)22(30)27-17-5-3-4-16(10-17)21-28-26-13-29(21)18-6-7-18/h3-5,8-13,18H,6-7,23H2,1-2H3,(H,27,30). The van der Waals surface area contributed by atoms with Crippen LogP contribution in [0.1, 0.15) is 41.9 Å². The van der Waals surface area contributed by atoms with Gasteiger partial charge in [0.25, 0.3) is 5.91 Å². The second-order valence-corrected chi connectivity index (χ2v) is 7.15. The molecule has 0 atom stereocenters. The molecule has 8 nitrogen and oxygen atoms in total. The molecule has 0 spiro atoms. The van der Waals surface area contributed by atoms with Gasteiger partial charge in [-0.1, -0.05) is 12.1 Å². The number of nitrogens with one attached hydrogen (secondary N) is 1. The van der Waals surface area contributed by atoms with Crippen LogP contribution in [0.15, 0.2) is 60.1 Å². The summed E-state index contributed by atoms with van der Waals surface area (Å²) < 4.78 is 2.09. The zero-order valence-corrected chi connectivity index (χ0v) is 16.9. The van der Waals surface area contributed by atoms with Gasteiger partial charge < -0.3 is 15.6 Å². The molecule has 8 heteroatoms. The average molecular weight is 401 g/mol. The van der Waals surface area contributed by atoms with Gasteiger partial charge in [0, 0.05) is 48.0 Å². The number of anilines is 1. The molecule has 1 amide bonds. The molecule has 1 fully saturated rings. The molecule has 1 aromatic carbocycles. The molecule has 1 saturated carbocycles. The number of nitrogens with two attached hydrogens (primary N) is 1. The van der Waals surface area contributed by atoms with Gasteiger partial charge in [-0.05, 0) is 49.6 Å². The molecule has 0 saturated heterocycles. The Morgan fingerprint density at radius 1 is 1.30 bits per heavy atom. The maximum absolute atomic E-state index is 12.8. The largest absolute Gasteiger partial charge is 0.404 e. The lowest BCUT2D eigenvalue weighted by Crippen LogP contribution is -2.14. The van der Waals surface area contributed by atoms with Crippen LogP contribution in [0.4, 0.5) is 5.69 Å². The van der Waals surface area contributed by atoms with Crippen LogP contribution in [0.5, 0.6) is 0 Å². The van der Waals surface area contributed by atoms with E-state index in [0.717, 1.165) is 41.1 Å². The zero-order chi connectivity index (χ0) is 21.1. The molecule has 4 rings (SSSR count). The number of carbonyl (C=O) groups excluding carboxylic acids is 1. The van der Waals surface area contributed by atoms with Crippen LogP contribution < -0.4 is 11.1 Å². The van der Waals surface area contributed by atoms with Crippen molar-refractivity contribution >= 4 is 22.9 Å². The number of amides is 1. The molecule has 0 bridgehead atoms. The van der Waals surface area contributed by atoms with Crippen molar-refractivity contribution < 1.29 is 4.79 Å². The van der Waals surface area contributed by atoms with Crippen LogP contribution in [0.2, 0.25) is 0 Å². The van der Waals surface area contributed by atoms with Crippen LogP contribution in [0.3, 0.4) is 0 Å². The first-order valence-electron chi connectivity index (χ1n) is 9.74. The summed E-state index contributed by atoms with van der Waals surface area (Å²) >= 11 is 0. The van der Waals surface area contributed by atoms with E-state index in [1.165, 1.54) is 6.20 Å². The van der Waals surface area contributed by atoms with Crippen LogP contribution in [-0.4, -0.2) is 38.4 Å². The van der Waals surface area contributed by atoms with E-state index in [2.05, 4.69) is 30.1 Å². The fraction of sp³-hybridized carbons (Fsp3) is 0.227. The number of benzene rings is 1. The van der Waals surface area contributed by atoms with Crippen molar-refractivity contribution in [2.45, 2.75) is 25.8 Å². The number of nitrogens with zero attached hydrogens (tertiary/aromatic N) is 5. The Balaban J connectivity index is 1.56. The quantitative estimate of drug-likeness (QED) is 0.616. The minimum Gasteiger partial charge on any atom is -0.404 e. The van der Waals surface area contributed by atoms with Gasteiger partial charge in [0.1, 0.15) is 12.0 Å². The Morgan fingerprint density at radius 3 is 2.87 bits per heavy atom. The van der Waals surface area contributed by atoms with Crippen molar-refractivity contribution in [3.05, 3.63) is 66.4 Å². The third kappa shape index (κ3) is 3.98. The average Bonchev–Trinajstić information content (AvgIpc) is 3.50. The summed E-state index contributed by atoms with van der Waals surface area (Å²) in [4.78, 5) is 21.2. The van der Waals surface area contributed by atoms with Gasteiger partial charge in [-0.2, -0.15) is 0 Å². The highest BCUT2D eigenvalue weighted by molar-refractivity contribution is 6.22. The molecule has 3 aromatic rings. The maximum Gasteiger partial charge on any atom is 0.274 e. The Kier molecular flexibility index (Phi) is 5.38. The van der Waals surface area contributed by atoms with E-state index < -0.39 is 0 Å². The fourth-order valence-corrected chi connectivity index (χ4v) is 3.27. The lowest BCUT2D eigenvalue weighted by Gasteiger charge is -2.10. The number of aromatic nitrogens is 4. The lowest BCUT2D eigenvalue weighted by atomic mass is 10.0. The summed E-state index contributed by atoms with van der Waals surface area (Å²) in [6.45, 7) is 1.87. The molecule has 1 aliphatic rings. The highest BCUT2D eigenvalue weighted by Crippen LogP contribution is 2.37. The molecule has 0 unspecified atom stereocenters. The molecule has 1 aliphatic carbocycles. The smallest absolute Gasteiger partial charge is 0.274 e. The van der Waals surface area contributed by atoms with Crippen LogP contribution in [-0.2, 0) is 0 Å². The molecular weight excluding hydrogens is 378 g/mol. The Hall–Kier alpha value is -3.81. The fourth-order valence-electron chi connectivity index (χ4n) is 3.27. The SMILES string of the molecule is CN=C(C)C(=CN)c1ccnc(C(=O)Nc2cccc(-c3nncn3C3CC3)c2)c1. The lowest BCUT2D eigenvalue weighted by molar-refractivity contribution is 0.102. The van der Waals surface area contributed by atoms with Gasteiger partial charge in [-0.15, -0.1) is 10.2 Å². The van der Waals surface area contributed by atoms with Gasteiger partial charge >= 0.3 is 0 Å². The summed E-state index contributed by atoms with van der Waals surface area (Å²) in [7, 11) is 1.70. The van der Waals surface area contributed by atoms with E-state index in [1.807, 2.05) is 31.2 Å². The third-order valence-corrected chi connectivity index (χ3v) is 5.09. The summed E-state index contributed by atoms with van der Waals surface area (Å²) in [5, 5.41) is 11.2. The van der Waals surface area contributed by atoms with Gasteiger partial charge in [-0.25, -0.2) is 0 Å². The Labute approximate surface area is 174 Å². The van der Waals surface area contributed by atoms with Crippen molar-refractivity contribution in [1.82, 2.24) is 19.7 Å². The van der Waals surface area contributed by atoms with Crippen molar-refractivity contribution in [2.24, 2.45) is 10.7 Å². The number of pyridine rings is 1. The maximum atomic E-state index is 12.8. The van der Waals surface area contributed by atoms with E-state index in [1.54, 1.807) is 31.7 Å². The Morgan fingerprint density at radius 2 is 2.13 bits per heavy atom. The third-order valence-electron chi connectivity index (χ3n) is 5.09. The van der Waals surface area contributed by atoms with E-state index in [4.69, 9.17) is 5.73 Å². The van der Waals surface area contributed by atoms with Crippen molar-refractivity contribution in [3.8, 4) is 11.4 Å². The van der Waals surface area contributed by atoms with E-state index in [0.29, 0.717) is 17.4 Å². The number of aliphatic imine (C=N–C) groups is 1. The van der Waals surface area contributed by atoms with Crippen molar-refractivity contribution in [3.63, 3.8) is 0 Å². The summed E-state index contributed by atoms with van der Waals surface area (Å²) in [6.07, 6.45) is 7.12. The molecule has 0 radical (unpaired) electrons. The number of hydrogen-bond donors (Lipinski definition) is 2. The predicted molar refractivity (Wildman–Crippen MR) is 117 cm³/mol. The van der Waals surface area contributed by atoms with Crippen LogP contribution in [0, 0.1) is 0 Å². The first-order chi connectivity index (χ1) is 14.6. The topological polar surface area (TPSA) is 111 Å². The van der Waals surface area contributed by atoms with Crippen molar-refractivity contribution in [2.75, 3.05) is 12.4 Å². The van der Waals surface area contributed by atoms with E-state index in [9.17, 15) is 4.79 Å². The summed E-state index contributed by atoms with van der Waals surface area (Å²) in [5.74, 6) is 0.501. The predicted octanol–water partition coefficient (Wildman–Crippen LogP) is 3.32. The molecule has 3 N–H and O–H groups in total. The molecule has 2 aromatic heterocycles. The second kappa shape index (κ2) is 8.28. The monoisotopic (exact) mass is 401 g/mol. The number of carbonyl (C=O) groups is 1. The molecule has 0 aliphatic heterocycles. The van der Waals surface area contributed by atoms with Crippen LogP contribution in [0.25, 0.3) is 17.0 Å². The summed E-state index contributed by atoms with van der Waals surface area (Å²) in [6, 6.07) is 11.6. The van der Waals surface area contributed by atoms with Gasteiger partial charge in [0.2, 0.25) is 0 Å². The molecule has 30 heavy (non-hydrogen) atoms. The minimum absolute atomic E-state index is 0.294. The van der Waals surface area contributed by atoms with Gasteiger partial charge in [0.05, 0.1) is 0 Å². The first kappa shape index (κ1) is 19.5. The van der Waals surface area contributed by atoms with E-state index in [-0.39, 0.29) is 5.91 Å². The van der Waals surface area contributed by atoms with Crippen molar-refractivity contribution in [1.29, 1.82) is 0 Å². The number of rotatable bonds is 6. The minimum atomic E-state index is -0.305. The highest BCUT2D eigenvalue weighted by Gasteiger charge is 2.26.